The highest BCUT2D eigenvalue weighted by Crippen LogP contribution is 2.32. The van der Waals surface area contributed by atoms with E-state index in [2.05, 4.69) is 30.9 Å². The highest BCUT2D eigenvalue weighted by molar-refractivity contribution is 5.95. The van der Waals surface area contributed by atoms with Gasteiger partial charge in [0.05, 0.1) is 29.3 Å². The zero-order valence-electron chi connectivity index (χ0n) is 11.9. The van der Waals surface area contributed by atoms with Gasteiger partial charge in [0.1, 0.15) is 0 Å². The molecule has 2 aromatic heterocycles. The molecule has 0 radical (unpaired) electrons. The van der Waals surface area contributed by atoms with Crippen LogP contribution in [-0.2, 0) is 6.42 Å². The Balaban J connectivity index is 1.58. The molecule has 0 spiro atoms. The largest absolute Gasteiger partial charge is 0.352 e. The van der Waals surface area contributed by atoms with Crippen molar-refractivity contribution in [1.29, 1.82) is 0 Å². The quantitative estimate of drug-likeness (QED) is 0.777. The van der Waals surface area contributed by atoms with Gasteiger partial charge in [-0.2, -0.15) is 20.5 Å². The summed E-state index contributed by atoms with van der Waals surface area (Å²) in [5, 5.41) is 20.3. The van der Waals surface area contributed by atoms with Gasteiger partial charge in [-0.3, -0.25) is 9.89 Å². The van der Waals surface area contributed by atoms with Crippen LogP contribution in [-0.4, -0.2) is 38.1 Å². The third kappa shape index (κ3) is 3.29. The Morgan fingerprint density at radius 3 is 2.86 bits per heavy atom. The van der Waals surface area contributed by atoms with Crippen molar-refractivity contribution < 1.29 is 4.79 Å². The minimum absolute atomic E-state index is 0.0622. The average molecular weight is 288 g/mol. The van der Waals surface area contributed by atoms with Crippen LogP contribution in [0.2, 0.25) is 0 Å². The van der Waals surface area contributed by atoms with Crippen molar-refractivity contribution in [3.05, 3.63) is 29.3 Å². The van der Waals surface area contributed by atoms with Crippen molar-refractivity contribution in [3.8, 4) is 0 Å². The lowest BCUT2D eigenvalue weighted by atomic mass is 9.85. The number of rotatable bonds is 5. The summed E-state index contributed by atoms with van der Waals surface area (Å²) in [6, 6.07) is 0. The summed E-state index contributed by atoms with van der Waals surface area (Å²) in [5.74, 6) is 0.380. The van der Waals surface area contributed by atoms with Crippen LogP contribution in [0.3, 0.4) is 0 Å². The maximum Gasteiger partial charge on any atom is 0.254 e. The molecular formula is C14H20N6O. The topological polar surface area (TPSA) is 99.3 Å². The van der Waals surface area contributed by atoms with Gasteiger partial charge in [-0.25, -0.2) is 0 Å². The molecule has 0 atom stereocenters. The summed E-state index contributed by atoms with van der Waals surface area (Å²) >= 11 is 0. The average Bonchev–Trinajstić information content (AvgIpc) is 3.19. The molecule has 2 heterocycles. The third-order valence-electron chi connectivity index (χ3n) is 4.06. The molecule has 0 aliphatic heterocycles. The van der Waals surface area contributed by atoms with Crippen LogP contribution in [0.15, 0.2) is 12.4 Å². The van der Waals surface area contributed by atoms with Gasteiger partial charge in [0.15, 0.2) is 0 Å². The van der Waals surface area contributed by atoms with E-state index in [1.807, 2.05) is 0 Å². The summed E-state index contributed by atoms with van der Waals surface area (Å²) in [6.07, 6.45) is 10.0. The second-order valence-corrected chi connectivity index (χ2v) is 5.50. The van der Waals surface area contributed by atoms with Gasteiger partial charge in [0, 0.05) is 18.9 Å². The predicted octanol–water partition coefficient (Wildman–Crippen LogP) is 1.55. The summed E-state index contributed by atoms with van der Waals surface area (Å²) in [5.41, 5.74) is 2.52. The van der Waals surface area contributed by atoms with Crippen molar-refractivity contribution in [2.24, 2.45) is 0 Å². The van der Waals surface area contributed by atoms with Gasteiger partial charge >= 0.3 is 0 Å². The minimum Gasteiger partial charge on any atom is -0.352 e. The Morgan fingerprint density at radius 1 is 1.24 bits per heavy atom. The Morgan fingerprint density at radius 2 is 2.10 bits per heavy atom. The van der Waals surface area contributed by atoms with Gasteiger partial charge in [0.25, 0.3) is 5.91 Å². The Labute approximate surface area is 122 Å². The molecule has 1 fully saturated rings. The van der Waals surface area contributed by atoms with E-state index in [1.165, 1.54) is 19.3 Å². The molecule has 0 aromatic carbocycles. The lowest BCUT2D eigenvalue weighted by molar-refractivity contribution is 0.0952. The van der Waals surface area contributed by atoms with E-state index in [1.54, 1.807) is 12.4 Å². The van der Waals surface area contributed by atoms with E-state index < -0.39 is 0 Å². The normalized spacial score (nSPS) is 16.0. The molecule has 3 rings (SSSR count). The van der Waals surface area contributed by atoms with Crippen molar-refractivity contribution in [2.75, 3.05) is 6.54 Å². The number of hydrogen-bond acceptors (Lipinski definition) is 4. The molecule has 1 saturated carbocycles. The van der Waals surface area contributed by atoms with Crippen LogP contribution in [0.4, 0.5) is 0 Å². The zero-order valence-corrected chi connectivity index (χ0v) is 11.9. The van der Waals surface area contributed by atoms with E-state index in [0.717, 1.165) is 24.2 Å². The molecule has 21 heavy (non-hydrogen) atoms. The molecule has 3 N–H and O–H groups in total. The van der Waals surface area contributed by atoms with Crippen LogP contribution in [0.5, 0.6) is 0 Å². The fraction of sp³-hybridized carbons (Fsp3) is 0.571. The minimum atomic E-state index is -0.0622. The molecule has 7 heteroatoms. The molecule has 1 aliphatic carbocycles. The van der Waals surface area contributed by atoms with E-state index in [-0.39, 0.29) is 5.91 Å². The van der Waals surface area contributed by atoms with Gasteiger partial charge in [0.2, 0.25) is 0 Å². The second kappa shape index (κ2) is 6.51. The maximum atomic E-state index is 12.3. The van der Waals surface area contributed by atoms with E-state index in [0.29, 0.717) is 24.4 Å². The fourth-order valence-corrected chi connectivity index (χ4v) is 2.92. The predicted molar refractivity (Wildman–Crippen MR) is 76.8 cm³/mol. The molecule has 0 saturated heterocycles. The van der Waals surface area contributed by atoms with Crippen molar-refractivity contribution in [3.63, 3.8) is 0 Å². The van der Waals surface area contributed by atoms with E-state index in [4.69, 9.17) is 0 Å². The van der Waals surface area contributed by atoms with Gasteiger partial charge in [-0.15, -0.1) is 0 Å². The first-order chi connectivity index (χ1) is 10.3. The first kappa shape index (κ1) is 13.8. The van der Waals surface area contributed by atoms with Crippen molar-refractivity contribution in [1.82, 2.24) is 30.9 Å². The SMILES string of the molecule is O=C(NCCc1cn[nH]n1)c1cn[nH]c1C1CCCCC1. The summed E-state index contributed by atoms with van der Waals surface area (Å²) in [7, 11) is 0. The van der Waals surface area contributed by atoms with Crippen LogP contribution in [0, 0.1) is 0 Å². The standard InChI is InChI=1S/C14H20N6O/c21-14(15-7-6-11-8-17-20-18-11)12-9-16-19-13(12)10-4-2-1-3-5-10/h8-10H,1-7H2,(H,15,21)(H,16,19)(H,17,18,20). The third-order valence-corrected chi connectivity index (χ3v) is 4.06. The van der Waals surface area contributed by atoms with E-state index >= 15 is 0 Å². The molecule has 0 unspecified atom stereocenters. The van der Waals surface area contributed by atoms with E-state index in [9.17, 15) is 4.79 Å². The lowest BCUT2D eigenvalue weighted by Crippen LogP contribution is -2.27. The van der Waals surface area contributed by atoms with Crippen molar-refractivity contribution >= 4 is 5.91 Å². The Hall–Kier alpha value is -2.18. The van der Waals surface area contributed by atoms with Crippen LogP contribution in [0.1, 0.15) is 59.8 Å². The summed E-state index contributed by atoms with van der Waals surface area (Å²) in [4.78, 5) is 12.3. The fourth-order valence-electron chi connectivity index (χ4n) is 2.92. The monoisotopic (exact) mass is 288 g/mol. The van der Waals surface area contributed by atoms with Crippen molar-refractivity contribution in [2.45, 2.75) is 44.4 Å². The Kier molecular flexibility index (Phi) is 4.28. The number of H-pyrrole nitrogens is 2. The van der Waals surface area contributed by atoms with Crippen LogP contribution < -0.4 is 5.32 Å². The van der Waals surface area contributed by atoms with Crippen LogP contribution in [0.25, 0.3) is 0 Å². The second-order valence-electron chi connectivity index (χ2n) is 5.50. The number of carbonyl (C=O) groups excluding carboxylic acids is 1. The number of aromatic nitrogens is 5. The highest BCUT2D eigenvalue weighted by atomic mass is 16.1. The number of nitrogens with one attached hydrogen (secondary N) is 3. The lowest BCUT2D eigenvalue weighted by Gasteiger charge is -2.21. The molecule has 1 amide bonds. The molecule has 0 bridgehead atoms. The zero-order chi connectivity index (χ0) is 14.5. The maximum absolute atomic E-state index is 12.3. The summed E-state index contributed by atoms with van der Waals surface area (Å²) < 4.78 is 0. The number of hydrogen-bond donors (Lipinski definition) is 3. The molecule has 112 valence electrons. The number of amides is 1. The molecule has 7 nitrogen and oxygen atoms in total. The van der Waals surface area contributed by atoms with Gasteiger partial charge in [-0.1, -0.05) is 19.3 Å². The molecule has 1 aliphatic rings. The van der Waals surface area contributed by atoms with Gasteiger partial charge in [-0.05, 0) is 12.8 Å². The Bertz CT molecular complexity index is 570. The number of nitrogens with zero attached hydrogens (tertiary/aromatic N) is 3. The smallest absolute Gasteiger partial charge is 0.254 e. The first-order valence-electron chi connectivity index (χ1n) is 7.50. The highest BCUT2D eigenvalue weighted by Gasteiger charge is 2.23. The number of carbonyl (C=O) groups is 1. The van der Waals surface area contributed by atoms with Gasteiger partial charge < -0.3 is 5.32 Å². The van der Waals surface area contributed by atoms with Crippen LogP contribution >= 0.6 is 0 Å². The molecule has 2 aromatic rings. The summed E-state index contributed by atoms with van der Waals surface area (Å²) in [6.45, 7) is 0.542. The first-order valence-corrected chi connectivity index (χ1v) is 7.50. The number of aromatic amines is 2. The molecular weight excluding hydrogens is 268 g/mol.